The summed E-state index contributed by atoms with van der Waals surface area (Å²) in [6.45, 7) is 1.65. The molecule has 10 heteroatoms. The van der Waals surface area contributed by atoms with Crippen molar-refractivity contribution in [2.45, 2.75) is 62.5 Å². The van der Waals surface area contributed by atoms with Crippen LogP contribution in [0.5, 0.6) is 0 Å². The summed E-state index contributed by atoms with van der Waals surface area (Å²) in [6, 6.07) is 5.56. The third-order valence-corrected chi connectivity index (χ3v) is 9.63. The third kappa shape index (κ3) is 4.38. The SMILES string of the molecule is CNC(C)C(=O)NC1CCS(=O)(=O)C2CC(C3CCc4ccccc4C3)C(C(N)=O)N2C1=O. The van der Waals surface area contributed by atoms with Crippen LogP contribution in [-0.4, -0.2) is 67.3 Å². The van der Waals surface area contributed by atoms with E-state index >= 15 is 0 Å². The number of nitrogens with two attached hydrogens (primary N) is 1. The summed E-state index contributed by atoms with van der Waals surface area (Å²) in [4.78, 5) is 39.8. The van der Waals surface area contributed by atoms with Crippen LogP contribution in [0, 0.1) is 11.8 Å². The smallest absolute Gasteiger partial charge is 0.246 e. The van der Waals surface area contributed by atoms with Gasteiger partial charge in [0.1, 0.15) is 17.5 Å². The first kappa shape index (κ1) is 23.7. The zero-order valence-electron chi connectivity index (χ0n) is 19.0. The molecule has 6 atom stereocenters. The van der Waals surface area contributed by atoms with E-state index in [1.165, 1.54) is 16.0 Å². The molecule has 180 valence electrons. The van der Waals surface area contributed by atoms with Gasteiger partial charge in [-0.3, -0.25) is 14.4 Å². The summed E-state index contributed by atoms with van der Waals surface area (Å²) in [5.74, 6) is -2.16. The first-order chi connectivity index (χ1) is 15.6. The van der Waals surface area contributed by atoms with E-state index in [2.05, 4.69) is 22.8 Å². The first-order valence-corrected chi connectivity index (χ1v) is 13.2. The number of rotatable bonds is 5. The molecular formula is C23H32N4O5S. The minimum atomic E-state index is -3.69. The van der Waals surface area contributed by atoms with Crippen molar-refractivity contribution in [2.24, 2.45) is 17.6 Å². The largest absolute Gasteiger partial charge is 0.368 e. The van der Waals surface area contributed by atoms with Gasteiger partial charge in [-0.2, -0.15) is 0 Å². The number of fused-ring (bicyclic) bond motifs is 2. The van der Waals surface area contributed by atoms with Gasteiger partial charge in [0, 0.05) is 0 Å². The van der Waals surface area contributed by atoms with Gasteiger partial charge >= 0.3 is 0 Å². The molecule has 33 heavy (non-hydrogen) atoms. The van der Waals surface area contributed by atoms with Gasteiger partial charge in [-0.15, -0.1) is 0 Å². The number of carbonyl (C=O) groups excluding carboxylic acids is 3. The molecule has 1 aliphatic carbocycles. The van der Waals surface area contributed by atoms with E-state index in [-0.39, 0.29) is 30.4 Å². The van der Waals surface area contributed by atoms with Crippen molar-refractivity contribution in [3.8, 4) is 0 Å². The van der Waals surface area contributed by atoms with E-state index in [1.807, 2.05) is 12.1 Å². The maximum atomic E-state index is 13.5. The average molecular weight is 477 g/mol. The highest BCUT2D eigenvalue weighted by atomic mass is 32.2. The van der Waals surface area contributed by atoms with Crippen LogP contribution in [0.3, 0.4) is 0 Å². The molecule has 1 aromatic carbocycles. The number of benzene rings is 1. The maximum absolute atomic E-state index is 13.5. The number of amides is 3. The van der Waals surface area contributed by atoms with Crippen LogP contribution >= 0.6 is 0 Å². The monoisotopic (exact) mass is 476 g/mol. The average Bonchev–Trinajstić information content (AvgIpc) is 3.19. The Bertz CT molecular complexity index is 1060. The molecule has 2 heterocycles. The van der Waals surface area contributed by atoms with Crippen LogP contribution in [0.1, 0.15) is 37.3 Å². The Morgan fingerprint density at radius 3 is 2.55 bits per heavy atom. The first-order valence-electron chi connectivity index (χ1n) is 11.5. The fourth-order valence-corrected chi connectivity index (χ4v) is 7.57. The van der Waals surface area contributed by atoms with Crippen molar-refractivity contribution in [3.05, 3.63) is 35.4 Å². The van der Waals surface area contributed by atoms with E-state index in [0.717, 1.165) is 19.3 Å². The lowest BCUT2D eigenvalue weighted by Gasteiger charge is -2.34. The highest BCUT2D eigenvalue weighted by Crippen LogP contribution is 2.43. The molecule has 2 fully saturated rings. The normalized spacial score (nSPS) is 31.8. The molecule has 1 aromatic rings. The number of hydrogen-bond donors (Lipinski definition) is 3. The molecule has 3 aliphatic rings. The number of primary amides is 1. The van der Waals surface area contributed by atoms with E-state index in [1.54, 1.807) is 14.0 Å². The highest BCUT2D eigenvalue weighted by Gasteiger charge is 2.56. The Hall–Kier alpha value is -2.46. The predicted octanol–water partition coefficient (Wildman–Crippen LogP) is -0.269. The minimum Gasteiger partial charge on any atom is -0.368 e. The minimum absolute atomic E-state index is 0.0245. The van der Waals surface area contributed by atoms with Gasteiger partial charge in [-0.1, -0.05) is 24.3 Å². The Kier molecular flexibility index (Phi) is 6.50. The zero-order valence-corrected chi connectivity index (χ0v) is 19.8. The summed E-state index contributed by atoms with van der Waals surface area (Å²) >= 11 is 0. The molecule has 3 amide bonds. The summed E-state index contributed by atoms with van der Waals surface area (Å²) in [5, 5.41) is 4.38. The topological polar surface area (TPSA) is 139 Å². The Labute approximate surface area is 194 Å². The molecule has 0 radical (unpaired) electrons. The quantitative estimate of drug-likeness (QED) is 0.535. The lowest BCUT2D eigenvalue weighted by molar-refractivity contribution is -0.142. The maximum Gasteiger partial charge on any atom is 0.246 e. The molecule has 0 bridgehead atoms. The highest BCUT2D eigenvalue weighted by molar-refractivity contribution is 7.92. The number of carbonyl (C=O) groups is 3. The summed E-state index contributed by atoms with van der Waals surface area (Å²) in [7, 11) is -2.07. The predicted molar refractivity (Wildman–Crippen MR) is 123 cm³/mol. The van der Waals surface area contributed by atoms with Crippen molar-refractivity contribution in [1.82, 2.24) is 15.5 Å². The lowest BCUT2D eigenvalue weighted by atomic mass is 9.74. The molecule has 4 N–H and O–H groups in total. The number of nitrogens with zero attached hydrogens (tertiary/aromatic N) is 1. The van der Waals surface area contributed by atoms with Gasteiger partial charge in [0.2, 0.25) is 17.7 Å². The molecule has 0 aromatic heterocycles. The molecule has 9 nitrogen and oxygen atoms in total. The van der Waals surface area contributed by atoms with Gasteiger partial charge in [-0.05, 0) is 69.0 Å². The second-order valence-corrected chi connectivity index (χ2v) is 11.7. The molecule has 0 saturated carbocycles. The number of aryl methyl sites for hydroxylation is 1. The summed E-state index contributed by atoms with van der Waals surface area (Å²) < 4.78 is 26.3. The number of hydrogen-bond acceptors (Lipinski definition) is 6. The van der Waals surface area contributed by atoms with E-state index < -0.39 is 51.1 Å². The van der Waals surface area contributed by atoms with Gasteiger partial charge in [0.25, 0.3) is 0 Å². The second kappa shape index (κ2) is 9.06. The van der Waals surface area contributed by atoms with E-state index in [4.69, 9.17) is 5.73 Å². The Morgan fingerprint density at radius 1 is 1.18 bits per heavy atom. The van der Waals surface area contributed by atoms with Crippen LogP contribution in [0.2, 0.25) is 0 Å². The fraction of sp³-hybridized carbons (Fsp3) is 0.609. The van der Waals surface area contributed by atoms with Crippen LogP contribution in [-0.2, 0) is 37.1 Å². The van der Waals surface area contributed by atoms with Crippen LogP contribution < -0.4 is 16.4 Å². The van der Waals surface area contributed by atoms with Crippen molar-refractivity contribution in [3.63, 3.8) is 0 Å². The molecule has 2 aliphatic heterocycles. The van der Waals surface area contributed by atoms with Crippen LogP contribution in [0.15, 0.2) is 24.3 Å². The molecular weight excluding hydrogens is 444 g/mol. The molecule has 0 spiro atoms. The molecule has 4 rings (SSSR count). The molecule has 6 unspecified atom stereocenters. The summed E-state index contributed by atoms with van der Waals surface area (Å²) in [6.07, 6.45) is 2.54. The van der Waals surface area contributed by atoms with E-state index in [0.29, 0.717) is 0 Å². The van der Waals surface area contributed by atoms with Crippen molar-refractivity contribution in [2.75, 3.05) is 12.8 Å². The Balaban J connectivity index is 1.65. The fourth-order valence-electron chi connectivity index (χ4n) is 5.63. The second-order valence-electron chi connectivity index (χ2n) is 9.45. The van der Waals surface area contributed by atoms with Gasteiger partial charge in [0.05, 0.1) is 11.8 Å². The standard InChI is InChI=1S/C23H32N4O5S/c1-13(25-2)22(29)26-18-9-10-33(31,32)19-12-17(20(21(24)28)27(19)23(18)30)16-8-7-14-5-3-4-6-15(14)11-16/h3-6,13,16-20,25H,7-12H2,1-2H3,(H2,24,28)(H,26,29). The van der Waals surface area contributed by atoms with Crippen molar-refractivity contribution in [1.29, 1.82) is 0 Å². The number of nitrogens with one attached hydrogen (secondary N) is 2. The van der Waals surface area contributed by atoms with Crippen molar-refractivity contribution < 1.29 is 22.8 Å². The van der Waals surface area contributed by atoms with Crippen LogP contribution in [0.25, 0.3) is 0 Å². The van der Waals surface area contributed by atoms with Crippen molar-refractivity contribution >= 4 is 27.6 Å². The number of likely N-dealkylation sites (N-methyl/N-ethyl adjacent to an activating group) is 1. The Morgan fingerprint density at radius 2 is 1.88 bits per heavy atom. The number of sulfone groups is 1. The van der Waals surface area contributed by atoms with E-state index in [9.17, 15) is 22.8 Å². The van der Waals surface area contributed by atoms with Gasteiger partial charge in [0.15, 0.2) is 9.84 Å². The summed E-state index contributed by atoms with van der Waals surface area (Å²) in [5.41, 5.74) is 8.25. The third-order valence-electron chi connectivity index (χ3n) is 7.57. The zero-order chi connectivity index (χ0) is 23.9. The van der Waals surface area contributed by atoms with Gasteiger partial charge in [-0.25, -0.2) is 8.42 Å². The van der Waals surface area contributed by atoms with Crippen LogP contribution in [0.4, 0.5) is 0 Å². The van der Waals surface area contributed by atoms with Gasteiger partial charge < -0.3 is 21.3 Å². The molecule has 2 saturated heterocycles. The lowest BCUT2D eigenvalue weighted by Crippen LogP contribution is -2.57.